The zero-order chi connectivity index (χ0) is 14.3. The molecule has 20 heavy (non-hydrogen) atoms. The van der Waals surface area contributed by atoms with Crippen LogP contribution < -0.4 is 16.0 Å². The van der Waals surface area contributed by atoms with Crippen molar-refractivity contribution in [3.63, 3.8) is 0 Å². The first-order valence-corrected chi connectivity index (χ1v) is 7.76. The molecule has 0 aliphatic rings. The molecule has 3 heterocycles. The van der Waals surface area contributed by atoms with Gasteiger partial charge in [0.1, 0.15) is 5.76 Å². The first-order chi connectivity index (χ1) is 9.51. The molecule has 106 valence electrons. The van der Waals surface area contributed by atoms with Gasteiger partial charge in [-0.1, -0.05) is 5.16 Å². The molecule has 0 saturated carbocycles. The van der Waals surface area contributed by atoms with Crippen LogP contribution in [0.3, 0.4) is 0 Å². The predicted molar refractivity (Wildman–Crippen MR) is 72.9 cm³/mol. The fourth-order valence-electron chi connectivity index (χ4n) is 1.72. The predicted octanol–water partition coefficient (Wildman–Crippen LogP) is 0.779. The molecule has 0 aliphatic heterocycles. The molecule has 0 radical (unpaired) electrons. The van der Waals surface area contributed by atoms with E-state index < -0.39 is 10.0 Å². The first-order valence-electron chi connectivity index (χ1n) is 5.39. The summed E-state index contributed by atoms with van der Waals surface area (Å²) in [5.74, 6) is 5.97. The molecule has 4 N–H and O–H groups in total. The summed E-state index contributed by atoms with van der Waals surface area (Å²) in [4.78, 5) is 4.60. The number of nitrogens with zero attached hydrogens (tertiary/aromatic N) is 3. The molecular weight excluding hydrogens is 304 g/mol. The SMILES string of the molecule is Cc1cc(NS(=O)(=O)c2c(NN)nc3sccn23)no1. The zero-order valence-corrected chi connectivity index (χ0v) is 11.8. The molecule has 3 rings (SSSR count). The number of imidazole rings is 1. The maximum atomic E-state index is 12.4. The molecule has 3 aromatic rings. The summed E-state index contributed by atoms with van der Waals surface area (Å²) in [6.07, 6.45) is 1.59. The van der Waals surface area contributed by atoms with Crippen LogP contribution in [-0.2, 0) is 10.0 Å². The second kappa shape index (κ2) is 4.47. The van der Waals surface area contributed by atoms with Crippen molar-refractivity contribution < 1.29 is 12.9 Å². The summed E-state index contributed by atoms with van der Waals surface area (Å²) in [6.45, 7) is 1.66. The zero-order valence-electron chi connectivity index (χ0n) is 10.2. The Labute approximate surface area is 117 Å². The molecule has 0 fully saturated rings. The molecule has 0 amide bonds. The van der Waals surface area contributed by atoms with Gasteiger partial charge >= 0.3 is 0 Å². The van der Waals surface area contributed by atoms with Crippen LogP contribution >= 0.6 is 11.3 Å². The van der Waals surface area contributed by atoms with Crippen molar-refractivity contribution in [2.75, 3.05) is 10.1 Å². The van der Waals surface area contributed by atoms with E-state index in [0.717, 1.165) is 0 Å². The molecule has 0 unspecified atom stereocenters. The lowest BCUT2D eigenvalue weighted by Gasteiger charge is -2.05. The van der Waals surface area contributed by atoms with Crippen molar-refractivity contribution in [1.29, 1.82) is 0 Å². The standard InChI is InChI=1S/C9H10N6O3S2/c1-5-4-6(13-18-5)14-20(16,17)8-7(12-10)11-9-15(8)2-3-19-9/h2-4,12H,10H2,1H3,(H,13,14). The lowest BCUT2D eigenvalue weighted by molar-refractivity contribution is 0.400. The number of hydrogen-bond donors (Lipinski definition) is 3. The van der Waals surface area contributed by atoms with Crippen molar-refractivity contribution >= 4 is 38.0 Å². The number of nitrogens with one attached hydrogen (secondary N) is 2. The number of nitrogen functional groups attached to an aromatic ring is 1. The van der Waals surface area contributed by atoms with E-state index in [1.165, 1.54) is 21.8 Å². The van der Waals surface area contributed by atoms with Gasteiger partial charge in [0.2, 0.25) is 5.03 Å². The number of rotatable bonds is 4. The molecule has 0 saturated heterocycles. The van der Waals surface area contributed by atoms with E-state index in [1.807, 2.05) is 0 Å². The van der Waals surface area contributed by atoms with Gasteiger partial charge in [0.25, 0.3) is 10.0 Å². The maximum absolute atomic E-state index is 12.4. The van der Waals surface area contributed by atoms with Gasteiger partial charge in [-0.15, -0.1) is 11.3 Å². The summed E-state index contributed by atoms with van der Waals surface area (Å²) >= 11 is 1.29. The number of anilines is 2. The minimum atomic E-state index is -3.90. The highest BCUT2D eigenvalue weighted by molar-refractivity contribution is 7.92. The molecule has 3 aromatic heterocycles. The number of nitrogens with two attached hydrogens (primary N) is 1. The molecule has 0 atom stereocenters. The third kappa shape index (κ3) is 2.01. The lowest BCUT2D eigenvalue weighted by atomic mass is 10.5. The quantitative estimate of drug-likeness (QED) is 0.479. The molecule has 0 bridgehead atoms. The lowest BCUT2D eigenvalue weighted by Crippen LogP contribution is -2.18. The van der Waals surface area contributed by atoms with Crippen LogP contribution in [0.15, 0.2) is 27.2 Å². The Bertz CT molecular complexity index is 861. The Morgan fingerprint density at radius 2 is 2.30 bits per heavy atom. The van der Waals surface area contributed by atoms with Crippen LogP contribution in [0.2, 0.25) is 0 Å². The van der Waals surface area contributed by atoms with Crippen LogP contribution in [0.4, 0.5) is 11.6 Å². The Balaban J connectivity index is 2.10. The van der Waals surface area contributed by atoms with Crippen molar-refractivity contribution in [2.45, 2.75) is 11.9 Å². The van der Waals surface area contributed by atoms with Gasteiger partial charge in [-0.3, -0.25) is 9.12 Å². The fourth-order valence-corrected chi connectivity index (χ4v) is 3.72. The molecule has 0 spiro atoms. The van der Waals surface area contributed by atoms with Crippen LogP contribution in [-0.4, -0.2) is 23.0 Å². The summed E-state index contributed by atoms with van der Waals surface area (Å²) in [7, 11) is -3.90. The molecule has 0 aliphatic carbocycles. The Morgan fingerprint density at radius 3 is 2.95 bits per heavy atom. The second-order valence-corrected chi connectivity index (χ2v) is 6.36. The smallest absolute Gasteiger partial charge is 0.283 e. The Hall–Kier alpha value is -2.11. The molecule has 9 nitrogen and oxygen atoms in total. The van der Waals surface area contributed by atoms with Crippen LogP contribution in [0.25, 0.3) is 4.96 Å². The van der Waals surface area contributed by atoms with E-state index in [-0.39, 0.29) is 16.7 Å². The van der Waals surface area contributed by atoms with Gasteiger partial charge < -0.3 is 9.95 Å². The number of sulfonamides is 1. The maximum Gasteiger partial charge on any atom is 0.283 e. The number of hydrogen-bond acceptors (Lipinski definition) is 8. The molecule has 11 heteroatoms. The van der Waals surface area contributed by atoms with Gasteiger partial charge in [-0.05, 0) is 6.92 Å². The Kier molecular flexibility index (Phi) is 2.88. The minimum absolute atomic E-state index is 0.0598. The van der Waals surface area contributed by atoms with Gasteiger partial charge in [0.05, 0.1) is 0 Å². The van der Waals surface area contributed by atoms with Crippen LogP contribution in [0, 0.1) is 6.92 Å². The first kappa shape index (κ1) is 12.9. The van der Waals surface area contributed by atoms with E-state index in [9.17, 15) is 8.42 Å². The highest BCUT2D eigenvalue weighted by atomic mass is 32.2. The second-order valence-electron chi connectivity index (χ2n) is 3.89. The third-order valence-electron chi connectivity index (χ3n) is 2.48. The molecule has 0 aromatic carbocycles. The summed E-state index contributed by atoms with van der Waals surface area (Å²) in [5.41, 5.74) is 2.28. The summed E-state index contributed by atoms with van der Waals surface area (Å²) < 4.78 is 33.4. The monoisotopic (exact) mass is 314 g/mol. The average molecular weight is 314 g/mol. The van der Waals surface area contributed by atoms with Gasteiger partial charge in [-0.2, -0.15) is 13.4 Å². The minimum Gasteiger partial charge on any atom is -0.360 e. The number of thiazole rings is 1. The van der Waals surface area contributed by atoms with E-state index >= 15 is 0 Å². The third-order valence-corrected chi connectivity index (χ3v) is 4.61. The van der Waals surface area contributed by atoms with Gasteiger partial charge in [0, 0.05) is 17.6 Å². The Morgan fingerprint density at radius 1 is 1.50 bits per heavy atom. The number of aryl methyl sites for hydroxylation is 1. The average Bonchev–Trinajstić information content (AvgIpc) is 3.02. The molecular formula is C9H10N6O3S2. The van der Waals surface area contributed by atoms with Crippen molar-refractivity contribution in [1.82, 2.24) is 14.5 Å². The highest BCUT2D eigenvalue weighted by Crippen LogP contribution is 2.26. The van der Waals surface area contributed by atoms with E-state index in [4.69, 9.17) is 10.4 Å². The van der Waals surface area contributed by atoms with Crippen LogP contribution in [0.5, 0.6) is 0 Å². The van der Waals surface area contributed by atoms with Crippen LogP contribution in [0.1, 0.15) is 5.76 Å². The van der Waals surface area contributed by atoms with E-state index in [2.05, 4.69) is 20.3 Å². The van der Waals surface area contributed by atoms with Crippen molar-refractivity contribution in [3.8, 4) is 0 Å². The summed E-state index contributed by atoms with van der Waals surface area (Å²) in [5, 5.41) is 5.23. The largest absolute Gasteiger partial charge is 0.360 e. The van der Waals surface area contributed by atoms with Gasteiger partial charge in [-0.25, -0.2) is 5.84 Å². The van der Waals surface area contributed by atoms with Crippen molar-refractivity contribution in [2.24, 2.45) is 5.84 Å². The topological polar surface area (TPSA) is 128 Å². The highest BCUT2D eigenvalue weighted by Gasteiger charge is 2.26. The fraction of sp³-hybridized carbons (Fsp3) is 0.111. The normalized spacial score (nSPS) is 11.9. The summed E-state index contributed by atoms with van der Waals surface area (Å²) in [6, 6.07) is 1.47. The number of aromatic nitrogens is 3. The van der Waals surface area contributed by atoms with Crippen molar-refractivity contribution in [3.05, 3.63) is 23.4 Å². The van der Waals surface area contributed by atoms with E-state index in [0.29, 0.717) is 10.7 Å². The van der Waals surface area contributed by atoms with E-state index in [1.54, 1.807) is 18.5 Å². The van der Waals surface area contributed by atoms with Gasteiger partial charge in [0.15, 0.2) is 16.6 Å². The number of hydrazine groups is 1. The number of fused-ring (bicyclic) bond motifs is 1.